The fraction of sp³-hybridized carbons (Fsp3) is 0.818. The van der Waals surface area contributed by atoms with Crippen LogP contribution in [0.15, 0.2) is 0 Å². The molecule has 0 heterocycles. The van der Waals surface area contributed by atoms with Gasteiger partial charge in [0.25, 0.3) is 0 Å². The van der Waals surface area contributed by atoms with Crippen LogP contribution in [0.4, 0.5) is 0 Å². The van der Waals surface area contributed by atoms with Gasteiger partial charge in [-0.2, -0.15) is 12.1 Å². The first-order chi connectivity index (χ1) is 14.7. The molecule has 1 rings (SSSR count). The van der Waals surface area contributed by atoms with Gasteiger partial charge in [-0.3, -0.25) is 9.59 Å². The van der Waals surface area contributed by atoms with Gasteiger partial charge >= 0.3 is 21.1 Å². The molecule has 4 unspecified atom stereocenters. The molecule has 2 amide bonds. The van der Waals surface area contributed by atoms with Gasteiger partial charge in [0.15, 0.2) is 0 Å². The molecule has 0 bridgehead atoms. The number of aliphatic carboxylic acids is 2. The van der Waals surface area contributed by atoms with Gasteiger partial charge in [-0.15, -0.1) is 0 Å². The Kier molecular flexibility index (Phi) is 21.8. The zero-order valence-electron chi connectivity index (χ0n) is 20.5. The Morgan fingerprint density at radius 2 is 1.03 bits per heavy atom. The number of carbonyl (C=O) groups is 4. The van der Waals surface area contributed by atoms with E-state index in [1.807, 2.05) is 27.7 Å². The van der Waals surface area contributed by atoms with Crippen LogP contribution in [0.3, 0.4) is 0 Å². The van der Waals surface area contributed by atoms with Crippen molar-refractivity contribution >= 4 is 23.8 Å². The first kappa shape index (κ1) is 36.1. The number of hydrogen-bond donors (Lipinski definition) is 2. The van der Waals surface area contributed by atoms with E-state index in [1.165, 1.54) is 26.7 Å². The molecule has 1 aliphatic carbocycles. The first-order valence-corrected chi connectivity index (χ1v) is 11.0. The molecule has 0 radical (unpaired) electrons. The van der Waals surface area contributed by atoms with Gasteiger partial charge in [-0.05, 0) is 24.7 Å². The summed E-state index contributed by atoms with van der Waals surface area (Å²) in [6.45, 7) is 10.1. The third-order valence-corrected chi connectivity index (χ3v) is 4.50. The van der Waals surface area contributed by atoms with Crippen LogP contribution in [-0.2, 0) is 40.2 Å². The van der Waals surface area contributed by atoms with Crippen molar-refractivity contribution in [2.45, 2.75) is 104 Å². The Morgan fingerprint density at radius 1 is 0.758 bits per heavy atom. The minimum Gasteiger partial charge on any atom is -0.676 e. The minimum absolute atomic E-state index is 0. The van der Waals surface area contributed by atoms with Crippen molar-refractivity contribution in [3.63, 3.8) is 0 Å². The maximum Gasteiger partial charge on any atom is 4.00 e. The molecule has 4 N–H and O–H groups in total. The van der Waals surface area contributed by atoms with Crippen LogP contribution >= 0.6 is 0 Å². The SMILES string of the molecule is CC(=O)NC(CC(C)C)C(=O)[O-].CC(=O)NC(CC(C)C)C(=O)[O-].[NH-]C1CCCCC1[NH-].[Pt+4]. The summed E-state index contributed by atoms with van der Waals surface area (Å²) in [5, 5.41) is 25.5. The predicted molar refractivity (Wildman–Crippen MR) is 119 cm³/mol. The number of rotatable bonds is 8. The van der Waals surface area contributed by atoms with Crippen molar-refractivity contribution in [1.82, 2.24) is 10.6 Å². The molecular formula is C22H40N4O6Pt. The molecular weight excluding hydrogens is 611 g/mol. The number of carboxylic acids is 2. The monoisotopic (exact) mass is 651 g/mol. The van der Waals surface area contributed by atoms with Crippen molar-refractivity contribution < 1.29 is 50.5 Å². The third-order valence-electron chi connectivity index (χ3n) is 4.50. The fourth-order valence-electron chi connectivity index (χ4n) is 2.99. The molecule has 1 aliphatic rings. The van der Waals surface area contributed by atoms with Gasteiger partial charge in [-0.25, -0.2) is 0 Å². The van der Waals surface area contributed by atoms with E-state index < -0.39 is 24.0 Å². The average Bonchev–Trinajstić information content (AvgIpc) is 2.62. The normalized spacial score (nSPS) is 18.8. The summed E-state index contributed by atoms with van der Waals surface area (Å²) in [5.74, 6) is -2.69. The molecule has 0 aliphatic heterocycles. The number of carbonyl (C=O) groups excluding carboxylic acids is 4. The van der Waals surface area contributed by atoms with E-state index in [2.05, 4.69) is 10.6 Å². The molecule has 10 nitrogen and oxygen atoms in total. The summed E-state index contributed by atoms with van der Waals surface area (Å²) >= 11 is 0. The summed E-state index contributed by atoms with van der Waals surface area (Å²) in [5.41, 5.74) is 14.6. The maximum atomic E-state index is 10.5. The number of nitrogens with one attached hydrogen (secondary N) is 4. The predicted octanol–water partition coefficient (Wildman–Crippen LogP) is 0.974. The Labute approximate surface area is 212 Å². The molecule has 0 aromatic heterocycles. The molecule has 1 fully saturated rings. The van der Waals surface area contributed by atoms with Crippen LogP contribution in [0.5, 0.6) is 0 Å². The van der Waals surface area contributed by atoms with Crippen LogP contribution < -0.4 is 20.8 Å². The second-order valence-electron chi connectivity index (χ2n) is 8.90. The summed E-state index contributed by atoms with van der Waals surface area (Å²) in [6.07, 6.45) is 5.05. The first-order valence-electron chi connectivity index (χ1n) is 11.0. The van der Waals surface area contributed by atoms with Gasteiger partial charge in [0.2, 0.25) is 11.8 Å². The molecule has 194 valence electrons. The van der Waals surface area contributed by atoms with Crippen molar-refractivity contribution in [3.8, 4) is 0 Å². The van der Waals surface area contributed by atoms with Gasteiger partial charge in [0, 0.05) is 13.8 Å². The van der Waals surface area contributed by atoms with E-state index >= 15 is 0 Å². The minimum atomic E-state index is -1.22. The molecule has 11 heteroatoms. The van der Waals surface area contributed by atoms with Crippen molar-refractivity contribution in [1.29, 1.82) is 0 Å². The smallest absolute Gasteiger partial charge is 0.676 e. The molecule has 0 saturated heterocycles. The summed E-state index contributed by atoms with van der Waals surface area (Å²) in [4.78, 5) is 42.0. The fourth-order valence-corrected chi connectivity index (χ4v) is 2.99. The van der Waals surface area contributed by atoms with Crippen LogP contribution in [0.2, 0.25) is 0 Å². The van der Waals surface area contributed by atoms with E-state index in [4.69, 9.17) is 11.5 Å². The van der Waals surface area contributed by atoms with Crippen molar-refractivity contribution in [3.05, 3.63) is 11.5 Å². The quantitative estimate of drug-likeness (QED) is 0.394. The largest absolute Gasteiger partial charge is 4.00 e. The molecule has 1 saturated carbocycles. The Bertz CT molecular complexity index is 539. The topological polar surface area (TPSA) is 186 Å². The summed E-state index contributed by atoms with van der Waals surface area (Å²) in [7, 11) is 0. The number of hydrogen-bond acceptors (Lipinski definition) is 6. The average molecular weight is 652 g/mol. The van der Waals surface area contributed by atoms with Gasteiger partial charge < -0.3 is 41.9 Å². The Morgan fingerprint density at radius 3 is 1.18 bits per heavy atom. The van der Waals surface area contributed by atoms with E-state index in [0.717, 1.165) is 12.8 Å². The Hall–Kier alpha value is -1.51. The van der Waals surface area contributed by atoms with Crippen molar-refractivity contribution in [2.75, 3.05) is 0 Å². The van der Waals surface area contributed by atoms with E-state index in [0.29, 0.717) is 12.8 Å². The third kappa shape index (κ3) is 22.1. The maximum absolute atomic E-state index is 10.5. The van der Waals surface area contributed by atoms with Crippen LogP contribution in [0.25, 0.3) is 11.5 Å². The van der Waals surface area contributed by atoms with Crippen LogP contribution in [0.1, 0.15) is 80.1 Å². The molecule has 4 atom stereocenters. The molecule has 33 heavy (non-hydrogen) atoms. The molecule has 0 spiro atoms. The number of amides is 2. The molecule has 0 aromatic carbocycles. The van der Waals surface area contributed by atoms with E-state index in [1.54, 1.807) is 0 Å². The zero-order valence-corrected chi connectivity index (χ0v) is 22.7. The van der Waals surface area contributed by atoms with Crippen LogP contribution in [-0.4, -0.2) is 47.9 Å². The van der Waals surface area contributed by atoms with E-state index in [-0.39, 0.29) is 56.8 Å². The van der Waals surface area contributed by atoms with Crippen LogP contribution in [0, 0.1) is 11.8 Å². The second kappa shape index (κ2) is 19.9. The summed E-state index contributed by atoms with van der Waals surface area (Å²) < 4.78 is 0. The van der Waals surface area contributed by atoms with Gasteiger partial charge in [-0.1, -0.05) is 53.4 Å². The second-order valence-corrected chi connectivity index (χ2v) is 8.90. The van der Waals surface area contributed by atoms with E-state index in [9.17, 15) is 29.4 Å². The standard InChI is InChI=1S/2C8H15NO3.C6H12N2.Pt/c2*1-5(2)4-7(8(11)12)9-6(3)10;7-5-3-1-2-4-6(5)8;/h2*5,7H,4H2,1-3H3,(H,9,10)(H,11,12);5-8H,1-4H2;/q;;-2;+4/p-2. The number of carboxylic acid groups (broad SMARTS) is 2. The Balaban J connectivity index is -0.000000410. The summed E-state index contributed by atoms with van der Waals surface area (Å²) in [6, 6.07) is -1.88. The molecule has 0 aromatic rings. The zero-order chi connectivity index (χ0) is 25.4. The van der Waals surface area contributed by atoms with Crippen molar-refractivity contribution in [2.24, 2.45) is 11.8 Å². The van der Waals surface area contributed by atoms with Gasteiger partial charge in [0.1, 0.15) is 0 Å². The van der Waals surface area contributed by atoms with Gasteiger partial charge in [0.05, 0.1) is 24.0 Å².